The lowest BCUT2D eigenvalue weighted by Crippen LogP contribution is -2.51. The maximum Gasteiger partial charge on any atom is 0.416 e. The minimum atomic E-state index is -4.44. The number of nitrogens with zero attached hydrogens (tertiary/aromatic N) is 2. The van der Waals surface area contributed by atoms with Crippen LogP contribution in [0.15, 0.2) is 47.6 Å². The number of fused-ring (bicyclic) bond motifs is 1. The standard InChI is InChI=1S/C25H30F3N3O/c1-16(2)31-22-10-9-19(12-21(22)17(3)14-24(31,4)5)15-29-30-23(32)13-18-7-6-8-20(11-18)25(26,27)28/h6-12,15-17H,13-14H2,1-5H3,(H,30,32)/b29-15-. The molecule has 1 unspecified atom stereocenters. The molecule has 1 N–H and O–H groups in total. The molecule has 172 valence electrons. The second kappa shape index (κ2) is 8.96. The highest BCUT2D eigenvalue weighted by Crippen LogP contribution is 2.44. The molecule has 2 aromatic rings. The number of nitrogens with one attached hydrogen (secondary N) is 1. The molecular weight excluding hydrogens is 415 g/mol. The maximum atomic E-state index is 12.8. The molecule has 0 fully saturated rings. The van der Waals surface area contributed by atoms with Gasteiger partial charge in [0, 0.05) is 17.3 Å². The predicted molar refractivity (Wildman–Crippen MR) is 122 cm³/mol. The molecule has 3 rings (SSSR count). The van der Waals surface area contributed by atoms with E-state index in [1.165, 1.54) is 23.4 Å². The summed E-state index contributed by atoms with van der Waals surface area (Å²) < 4.78 is 38.5. The van der Waals surface area contributed by atoms with E-state index in [4.69, 9.17) is 0 Å². The monoisotopic (exact) mass is 445 g/mol. The number of anilines is 1. The van der Waals surface area contributed by atoms with Crippen LogP contribution < -0.4 is 10.3 Å². The molecule has 1 aliphatic heterocycles. The Hall–Kier alpha value is -2.83. The van der Waals surface area contributed by atoms with Crippen LogP contribution in [0.2, 0.25) is 0 Å². The molecule has 32 heavy (non-hydrogen) atoms. The van der Waals surface area contributed by atoms with Gasteiger partial charge in [0.15, 0.2) is 0 Å². The normalized spacial score (nSPS) is 18.2. The fourth-order valence-electron chi connectivity index (χ4n) is 4.79. The van der Waals surface area contributed by atoms with Crippen molar-refractivity contribution in [3.63, 3.8) is 0 Å². The molecule has 1 atom stereocenters. The summed E-state index contributed by atoms with van der Waals surface area (Å²) in [5.41, 5.74) is 5.31. The van der Waals surface area contributed by atoms with Crippen LogP contribution in [-0.2, 0) is 17.4 Å². The van der Waals surface area contributed by atoms with Crippen molar-refractivity contribution in [3.8, 4) is 0 Å². The van der Waals surface area contributed by atoms with E-state index in [9.17, 15) is 18.0 Å². The Morgan fingerprint density at radius 1 is 1.25 bits per heavy atom. The molecule has 2 aromatic carbocycles. The molecule has 0 radical (unpaired) electrons. The third-order valence-corrected chi connectivity index (χ3v) is 5.84. The van der Waals surface area contributed by atoms with E-state index in [1.54, 1.807) is 6.21 Å². The molecule has 0 aliphatic carbocycles. The highest BCUT2D eigenvalue weighted by Gasteiger charge is 2.37. The van der Waals surface area contributed by atoms with E-state index in [2.05, 4.69) is 62.2 Å². The summed E-state index contributed by atoms with van der Waals surface area (Å²) in [6.45, 7) is 11.1. The van der Waals surface area contributed by atoms with Crippen molar-refractivity contribution in [2.75, 3.05) is 4.90 Å². The van der Waals surface area contributed by atoms with Crippen LogP contribution in [0.4, 0.5) is 18.9 Å². The lowest BCUT2D eigenvalue weighted by molar-refractivity contribution is -0.137. The summed E-state index contributed by atoms with van der Waals surface area (Å²) >= 11 is 0. The number of benzene rings is 2. The summed E-state index contributed by atoms with van der Waals surface area (Å²) in [5, 5.41) is 4.01. The lowest BCUT2D eigenvalue weighted by Gasteiger charge is -2.50. The number of amides is 1. The molecule has 0 aromatic heterocycles. The molecule has 0 saturated carbocycles. The van der Waals surface area contributed by atoms with Crippen molar-refractivity contribution in [2.45, 2.75) is 71.1 Å². The number of carbonyl (C=O) groups is 1. The molecule has 0 bridgehead atoms. The van der Waals surface area contributed by atoms with Gasteiger partial charge in [-0.25, -0.2) is 5.43 Å². The second-order valence-corrected chi connectivity index (χ2v) is 9.37. The molecule has 0 saturated heterocycles. The highest BCUT2D eigenvalue weighted by atomic mass is 19.4. The van der Waals surface area contributed by atoms with E-state index in [1.807, 2.05) is 6.07 Å². The van der Waals surface area contributed by atoms with Gasteiger partial charge in [0.1, 0.15) is 0 Å². The highest BCUT2D eigenvalue weighted by molar-refractivity contribution is 5.84. The third-order valence-electron chi connectivity index (χ3n) is 5.84. The van der Waals surface area contributed by atoms with Crippen LogP contribution in [0.5, 0.6) is 0 Å². The number of halogens is 3. The summed E-state index contributed by atoms with van der Waals surface area (Å²) in [5.74, 6) is -0.0847. The smallest absolute Gasteiger partial charge is 0.364 e. The van der Waals surface area contributed by atoms with Gasteiger partial charge in [0.2, 0.25) is 5.91 Å². The number of hydrogen-bond donors (Lipinski definition) is 1. The first-order valence-electron chi connectivity index (χ1n) is 10.8. The number of alkyl halides is 3. The first-order valence-corrected chi connectivity index (χ1v) is 10.8. The molecule has 1 heterocycles. The zero-order valence-electron chi connectivity index (χ0n) is 19.1. The first kappa shape index (κ1) is 23.8. The number of hydrogen-bond acceptors (Lipinski definition) is 3. The van der Waals surface area contributed by atoms with E-state index < -0.39 is 17.6 Å². The Morgan fingerprint density at radius 3 is 2.62 bits per heavy atom. The average molecular weight is 446 g/mol. The predicted octanol–water partition coefficient (Wildman–Crippen LogP) is 5.90. The van der Waals surface area contributed by atoms with Gasteiger partial charge in [-0.1, -0.05) is 31.2 Å². The van der Waals surface area contributed by atoms with Gasteiger partial charge in [-0.3, -0.25) is 4.79 Å². The topological polar surface area (TPSA) is 44.7 Å². The average Bonchev–Trinajstić information content (AvgIpc) is 2.67. The summed E-state index contributed by atoms with van der Waals surface area (Å²) in [6.07, 6.45) is -2.02. The Bertz CT molecular complexity index is 1010. The number of hydrazone groups is 1. The number of rotatable bonds is 5. The van der Waals surface area contributed by atoms with Crippen LogP contribution in [0.1, 0.15) is 69.2 Å². The van der Waals surface area contributed by atoms with Crippen molar-refractivity contribution in [1.82, 2.24) is 5.43 Å². The molecule has 4 nitrogen and oxygen atoms in total. The van der Waals surface area contributed by atoms with Crippen molar-refractivity contribution in [3.05, 3.63) is 64.7 Å². The van der Waals surface area contributed by atoms with E-state index in [0.29, 0.717) is 12.0 Å². The largest absolute Gasteiger partial charge is 0.416 e. The van der Waals surface area contributed by atoms with Gasteiger partial charge in [-0.2, -0.15) is 18.3 Å². The minimum Gasteiger partial charge on any atom is -0.364 e. The molecular formula is C25H30F3N3O. The van der Waals surface area contributed by atoms with Gasteiger partial charge in [-0.15, -0.1) is 0 Å². The lowest BCUT2D eigenvalue weighted by atomic mass is 9.79. The van der Waals surface area contributed by atoms with Crippen molar-refractivity contribution in [2.24, 2.45) is 5.10 Å². The SMILES string of the molecule is CC1CC(C)(C)N(C(C)C)c2ccc(/C=N\NC(=O)Cc3cccc(C(F)(F)F)c3)cc21. The fraction of sp³-hybridized carbons (Fsp3) is 0.440. The van der Waals surface area contributed by atoms with Gasteiger partial charge in [-0.05, 0) is 74.9 Å². The summed E-state index contributed by atoms with van der Waals surface area (Å²) in [6, 6.07) is 11.3. The van der Waals surface area contributed by atoms with Gasteiger partial charge >= 0.3 is 6.18 Å². The van der Waals surface area contributed by atoms with E-state index in [0.717, 1.165) is 24.1 Å². The quantitative estimate of drug-likeness (QED) is 0.460. The summed E-state index contributed by atoms with van der Waals surface area (Å²) in [7, 11) is 0. The zero-order valence-corrected chi connectivity index (χ0v) is 19.1. The van der Waals surface area contributed by atoms with Crippen LogP contribution in [0, 0.1) is 0 Å². The molecule has 0 spiro atoms. The van der Waals surface area contributed by atoms with Crippen LogP contribution in [0.3, 0.4) is 0 Å². The molecule has 1 aliphatic rings. The summed E-state index contributed by atoms with van der Waals surface area (Å²) in [4.78, 5) is 14.6. The zero-order chi connectivity index (χ0) is 23.7. The van der Waals surface area contributed by atoms with Gasteiger partial charge in [0.25, 0.3) is 0 Å². The van der Waals surface area contributed by atoms with E-state index >= 15 is 0 Å². The fourth-order valence-corrected chi connectivity index (χ4v) is 4.79. The number of carbonyl (C=O) groups excluding carboxylic acids is 1. The minimum absolute atomic E-state index is 0.0631. The molecule has 1 amide bonds. The van der Waals surface area contributed by atoms with Crippen molar-refractivity contribution >= 4 is 17.8 Å². The Kier molecular flexibility index (Phi) is 6.67. The van der Waals surface area contributed by atoms with E-state index in [-0.39, 0.29) is 17.5 Å². The van der Waals surface area contributed by atoms with Crippen LogP contribution >= 0.6 is 0 Å². The maximum absolute atomic E-state index is 12.8. The van der Waals surface area contributed by atoms with Gasteiger partial charge in [0.05, 0.1) is 18.2 Å². The second-order valence-electron chi connectivity index (χ2n) is 9.37. The van der Waals surface area contributed by atoms with Crippen molar-refractivity contribution < 1.29 is 18.0 Å². The Labute approximate surface area is 187 Å². The Morgan fingerprint density at radius 2 is 1.97 bits per heavy atom. The Balaban J connectivity index is 1.69. The molecule has 7 heteroatoms. The van der Waals surface area contributed by atoms with Gasteiger partial charge < -0.3 is 4.90 Å². The van der Waals surface area contributed by atoms with Crippen LogP contribution in [-0.4, -0.2) is 23.7 Å². The first-order chi connectivity index (χ1) is 14.9. The van der Waals surface area contributed by atoms with Crippen molar-refractivity contribution in [1.29, 1.82) is 0 Å². The van der Waals surface area contributed by atoms with Crippen LogP contribution in [0.25, 0.3) is 0 Å². The third kappa shape index (κ3) is 5.31.